The number of carbonyl (C=O) groups is 1. The van der Waals surface area contributed by atoms with Gasteiger partial charge in [-0.2, -0.15) is 0 Å². The van der Waals surface area contributed by atoms with E-state index in [1.54, 1.807) is 19.1 Å². The summed E-state index contributed by atoms with van der Waals surface area (Å²) in [5.74, 6) is 0. The normalized spacial score (nSPS) is 18.1. The lowest BCUT2D eigenvalue weighted by Crippen LogP contribution is -2.44. The highest BCUT2D eigenvalue weighted by atomic mass is 16.5. The number of rotatable bonds is 4. The number of hydrogen-bond donors (Lipinski definition) is 1. The Bertz CT molecular complexity index is 180. The van der Waals surface area contributed by atoms with E-state index in [9.17, 15) is 4.79 Å². The first-order chi connectivity index (χ1) is 6.15. The molecular weight excluding hydrogens is 168 g/mol. The average molecular weight is 186 g/mol. The standard InChI is InChI=1S/C9H18N2O2/c1-7(6-13-3)11(2)9(12)10-8-4-5-8/h7-8H,4-6H2,1-3H3,(H,10,12). The molecule has 1 atom stereocenters. The highest BCUT2D eigenvalue weighted by Gasteiger charge is 2.25. The second kappa shape index (κ2) is 4.46. The second-order valence-corrected chi connectivity index (χ2v) is 3.64. The van der Waals surface area contributed by atoms with E-state index >= 15 is 0 Å². The van der Waals surface area contributed by atoms with E-state index in [0.717, 1.165) is 12.8 Å². The molecule has 0 heterocycles. The number of ether oxygens (including phenoxy) is 1. The molecular formula is C9H18N2O2. The molecule has 76 valence electrons. The summed E-state index contributed by atoms with van der Waals surface area (Å²) in [6.45, 7) is 2.55. The maximum atomic E-state index is 11.5. The van der Waals surface area contributed by atoms with Crippen LogP contribution in [-0.4, -0.2) is 43.8 Å². The van der Waals surface area contributed by atoms with E-state index in [0.29, 0.717) is 12.6 Å². The van der Waals surface area contributed by atoms with Crippen molar-refractivity contribution in [3.8, 4) is 0 Å². The van der Waals surface area contributed by atoms with Crippen molar-refractivity contribution in [2.24, 2.45) is 0 Å². The van der Waals surface area contributed by atoms with Gasteiger partial charge < -0.3 is 15.0 Å². The van der Waals surface area contributed by atoms with Crippen LogP contribution in [0.2, 0.25) is 0 Å². The van der Waals surface area contributed by atoms with Gasteiger partial charge in [0, 0.05) is 20.2 Å². The van der Waals surface area contributed by atoms with Crippen LogP contribution in [0.25, 0.3) is 0 Å². The summed E-state index contributed by atoms with van der Waals surface area (Å²) in [6.07, 6.45) is 2.25. The van der Waals surface area contributed by atoms with Crippen LogP contribution in [0.15, 0.2) is 0 Å². The monoisotopic (exact) mass is 186 g/mol. The van der Waals surface area contributed by atoms with Crippen LogP contribution in [0.3, 0.4) is 0 Å². The van der Waals surface area contributed by atoms with E-state index in [2.05, 4.69) is 5.32 Å². The molecule has 0 radical (unpaired) electrons. The molecule has 1 aliphatic carbocycles. The average Bonchev–Trinajstić information content (AvgIpc) is 2.87. The Morgan fingerprint density at radius 3 is 2.77 bits per heavy atom. The van der Waals surface area contributed by atoms with E-state index < -0.39 is 0 Å². The summed E-state index contributed by atoms with van der Waals surface area (Å²) in [4.78, 5) is 13.2. The van der Waals surface area contributed by atoms with Gasteiger partial charge in [0.15, 0.2) is 0 Å². The van der Waals surface area contributed by atoms with Crippen molar-refractivity contribution in [3.05, 3.63) is 0 Å². The second-order valence-electron chi connectivity index (χ2n) is 3.64. The first kappa shape index (κ1) is 10.3. The summed E-state index contributed by atoms with van der Waals surface area (Å²) >= 11 is 0. The predicted octanol–water partition coefficient (Wildman–Crippen LogP) is 0.825. The lowest BCUT2D eigenvalue weighted by molar-refractivity contribution is 0.123. The molecule has 1 aliphatic rings. The highest BCUT2D eigenvalue weighted by molar-refractivity contribution is 5.74. The zero-order chi connectivity index (χ0) is 9.84. The van der Waals surface area contributed by atoms with Crippen LogP contribution in [-0.2, 0) is 4.74 Å². The Hall–Kier alpha value is -0.770. The predicted molar refractivity (Wildman–Crippen MR) is 50.7 cm³/mol. The largest absolute Gasteiger partial charge is 0.383 e. The molecule has 1 saturated carbocycles. The number of urea groups is 1. The minimum Gasteiger partial charge on any atom is -0.383 e. The van der Waals surface area contributed by atoms with Gasteiger partial charge in [0.05, 0.1) is 12.6 Å². The maximum absolute atomic E-state index is 11.5. The molecule has 0 spiro atoms. The van der Waals surface area contributed by atoms with Crippen molar-refractivity contribution in [1.29, 1.82) is 0 Å². The quantitative estimate of drug-likeness (QED) is 0.706. The molecule has 0 aromatic rings. The number of carbonyl (C=O) groups excluding carboxylic acids is 1. The van der Waals surface area contributed by atoms with Gasteiger partial charge in [0.2, 0.25) is 0 Å². The third-order valence-corrected chi connectivity index (χ3v) is 2.29. The number of nitrogens with one attached hydrogen (secondary N) is 1. The highest BCUT2D eigenvalue weighted by Crippen LogP contribution is 2.18. The fourth-order valence-electron chi connectivity index (χ4n) is 1.06. The molecule has 2 amide bonds. The zero-order valence-electron chi connectivity index (χ0n) is 8.54. The minimum atomic E-state index is 0.00653. The van der Waals surface area contributed by atoms with Crippen LogP contribution in [0.4, 0.5) is 4.79 Å². The van der Waals surface area contributed by atoms with Crippen molar-refractivity contribution >= 4 is 6.03 Å². The van der Waals surface area contributed by atoms with Crippen molar-refractivity contribution < 1.29 is 9.53 Å². The molecule has 0 aliphatic heterocycles. The Balaban J connectivity index is 2.26. The van der Waals surface area contributed by atoms with E-state index in [4.69, 9.17) is 4.74 Å². The van der Waals surface area contributed by atoms with Gasteiger partial charge in [-0.15, -0.1) is 0 Å². The molecule has 1 unspecified atom stereocenters. The number of likely N-dealkylation sites (N-methyl/N-ethyl adjacent to an activating group) is 1. The fourth-order valence-corrected chi connectivity index (χ4v) is 1.06. The minimum absolute atomic E-state index is 0.00653. The SMILES string of the molecule is COCC(C)N(C)C(=O)NC1CC1. The number of nitrogens with zero attached hydrogens (tertiary/aromatic N) is 1. The van der Waals surface area contributed by atoms with E-state index in [1.165, 1.54) is 0 Å². The summed E-state index contributed by atoms with van der Waals surface area (Å²) < 4.78 is 4.97. The first-order valence-corrected chi connectivity index (χ1v) is 4.67. The first-order valence-electron chi connectivity index (χ1n) is 4.67. The van der Waals surface area contributed by atoms with E-state index in [1.807, 2.05) is 6.92 Å². The summed E-state index contributed by atoms with van der Waals surface area (Å²) in [5.41, 5.74) is 0. The lowest BCUT2D eigenvalue weighted by Gasteiger charge is -2.24. The van der Waals surface area contributed by atoms with E-state index in [-0.39, 0.29) is 12.1 Å². The fraction of sp³-hybridized carbons (Fsp3) is 0.889. The van der Waals surface area contributed by atoms with Gasteiger partial charge in [0.1, 0.15) is 0 Å². The maximum Gasteiger partial charge on any atom is 0.317 e. The number of methoxy groups -OCH3 is 1. The Labute approximate surface area is 79.2 Å². The Kier molecular flexibility index (Phi) is 3.54. The van der Waals surface area contributed by atoms with Crippen molar-refractivity contribution in [3.63, 3.8) is 0 Å². The summed E-state index contributed by atoms with van der Waals surface area (Å²) in [7, 11) is 3.44. The molecule has 4 nitrogen and oxygen atoms in total. The van der Waals surface area contributed by atoms with Gasteiger partial charge in [-0.1, -0.05) is 0 Å². The Morgan fingerprint density at radius 1 is 1.69 bits per heavy atom. The van der Waals surface area contributed by atoms with Gasteiger partial charge in [-0.05, 0) is 19.8 Å². The molecule has 0 aromatic carbocycles. The van der Waals surface area contributed by atoms with Crippen LogP contribution in [0, 0.1) is 0 Å². The molecule has 0 bridgehead atoms. The van der Waals surface area contributed by atoms with Crippen LogP contribution >= 0.6 is 0 Å². The third kappa shape index (κ3) is 3.22. The molecule has 1 rings (SSSR count). The zero-order valence-corrected chi connectivity index (χ0v) is 8.54. The number of hydrogen-bond acceptors (Lipinski definition) is 2. The van der Waals surface area contributed by atoms with Crippen molar-refractivity contribution in [2.75, 3.05) is 20.8 Å². The molecule has 1 N–H and O–H groups in total. The van der Waals surface area contributed by atoms with Gasteiger partial charge in [0.25, 0.3) is 0 Å². The topological polar surface area (TPSA) is 41.6 Å². The summed E-state index contributed by atoms with van der Waals surface area (Å²) in [6, 6.07) is 0.556. The smallest absolute Gasteiger partial charge is 0.317 e. The third-order valence-electron chi connectivity index (χ3n) is 2.29. The van der Waals surface area contributed by atoms with Gasteiger partial charge >= 0.3 is 6.03 Å². The van der Waals surface area contributed by atoms with Crippen molar-refractivity contribution in [2.45, 2.75) is 31.8 Å². The molecule has 4 heteroatoms. The molecule has 1 fully saturated rings. The van der Waals surface area contributed by atoms with Gasteiger partial charge in [-0.25, -0.2) is 4.79 Å². The van der Waals surface area contributed by atoms with Crippen molar-refractivity contribution in [1.82, 2.24) is 10.2 Å². The van der Waals surface area contributed by atoms with Crippen LogP contribution < -0.4 is 5.32 Å². The lowest BCUT2D eigenvalue weighted by atomic mass is 10.3. The molecule has 13 heavy (non-hydrogen) atoms. The Morgan fingerprint density at radius 2 is 2.31 bits per heavy atom. The van der Waals surface area contributed by atoms with Gasteiger partial charge in [-0.3, -0.25) is 0 Å². The molecule has 0 aromatic heterocycles. The number of amides is 2. The molecule has 0 saturated heterocycles. The van der Waals surface area contributed by atoms with Crippen LogP contribution in [0.5, 0.6) is 0 Å². The van der Waals surface area contributed by atoms with Crippen LogP contribution in [0.1, 0.15) is 19.8 Å². The summed E-state index contributed by atoms with van der Waals surface area (Å²) in [5, 5.41) is 2.92.